The molecule has 1 aliphatic heterocycles. The lowest BCUT2D eigenvalue weighted by Crippen LogP contribution is -2.43. The van der Waals surface area contributed by atoms with Crippen LogP contribution in [0, 0.1) is 11.8 Å². The summed E-state index contributed by atoms with van der Waals surface area (Å²) in [5.74, 6) is -5.30. The zero-order valence-electron chi connectivity index (χ0n) is 11.1. The number of urea groups is 1. The molecule has 1 saturated heterocycles. The van der Waals surface area contributed by atoms with E-state index in [1.807, 2.05) is 0 Å². The summed E-state index contributed by atoms with van der Waals surface area (Å²) in [6.07, 6.45) is -4.79. The Morgan fingerprint density at radius 2 is 1.86 bits per heavy atom. The number of halogens is 4. The van der Waals surface area contributed by atoms with Crippen LogP contribution in [-0.4, -0.2) is 53.5 Å². The summed E-state index contributed by atoms with van der Waals surface area (Å²) < 4.78 is 51.4. The molecule has 0 aromatic heterocycles. The van der Waals surface area contributed by atoms with Gasteiger partial charge in [-0.2, -0.15) is 13.2 Å². The van der Waals surface area contributed by atoms with Crippen LogP contribution in [-0.2, 0) is 4.79 Å². The van der Waals surface area contributed by atoms with Gasteiger partial charge in [-0.25, -0.2) is 9.18 Å². The fourth-order valence-corrected chi connectivity index (χ4v) is 2.87. The average molecular weight is 312 g/mol. The Balaban J connectivity index is 1.98. The van der Waals surface area contributed by atoms with E-state index in [0.29, 0.717) is 12.8 Å². The summed E-state index contributed by atoms with van der Waals surface area (Å²) in [6, 6.07) is -1.16. The van der Waals surface area contributed by atoms with Gasteiger partial charge in [0.25, 0.3) is 0 Å². The molecule has 2 fully saturated rings. The van der Waals surface area contributed by atoms with Crippen molar-refractivity contribution < 1.29 is 32.3 Å². The first-order chi connectivity index (χ1) is 9.68. The number of carbonyl (C=O) groups excluding carboxylic acids is 1. The van der Waals surface area contributed by atoms with Crippen molar-refractivity contribution in [3.05, 3.63) is 0 Å². The van der Waals surface area contributed by atoms with Gasteiger partial charge in [0.15, 0.2) is 0 Å². The van der Waals surface area contributed by atoms with Gasteiger partial charge < -0.3 is 15.3 Å². The maximum Gasteiger partial charge on any atom is 0.394 e. The molecular formula is C12H16F4N2O3. The third-order valence-electron chi connectivity index (χ3n) is 4.04. The highest BCUT2D eigenvalue weighted by Gasteiger charge is 2.53. The normalized spacial score (nSPS) is 33.2. The molecule has 0 aromatic carbocycles. The molecule has 21 heavy (non-hydrogen) atoms. The van der Waals surface area contributed by atoms with Gasteiger partial charge in [-0.05, 0) is 19.3 Å². The minimum atomic E-state index is -4.67. The lowest BCUT2D eigenvalue weighted by Gasteiger charge is -2.21. The third-order valence-corrected chi connectivity index (χ3v) is 4.04. The second-order valence-corrected chi connectivity index (χ2v) is 5.55. The molecule has 0 bridgehead atoms. The first-order valence-corrected chi connectivity index (χ1v) is 6.67. The standard InChI is InChI=1S/C12H16F4N2O3/c13-6-1-2-7(3-6)17-11(21)18-4-8(10(19)20)9(5-18)12(14,15)16/h6-9H,1-5H2,(H,17,21)(H,19,20)/t6?,7?,8-,9-/m1/s1. The molecule has 2 unspecified atom stereocenters. The van der Waals surface area contributed by atoms with E-state index < -0.39 is 55.3 Å². The minimum absolute atomic E-state index is 0.143. The second-order valence-electron chi connectivity index (χ2n) is 5.55. The Bertz CT molecular complexity index is 429. The maximum absolute atomic E-state index is 13.0. The van der Waals surface area contributed by atoms with E-state index in [0.717, 1.165) is 4.90 Å². The number of hydrogen-bond acceptors (Lipinski definition) is 2. The predicted molar refractivity (Wildman–Crippen MR) is 63.3 cm³/mol. The highest BCUT2D eigenvalue weighted by molar-refractivity contribution is 5.78. The van der Waals surface area contributed by atoms with Crippen LogP contribution in [0.5, 0.6) is 0 Å². The molecule has 0 spiro atoms. The van der Waals surface area contributed by atoms with Crippen LogP contribution in [0.1, 0.15) is 19.3 Å². The van der Waals surface area contributed by atoms with E-state index in [1.54, 1.807) is 0 Å². The van der Waals surface area contributed by atoms with Crippen LogP contribution >= 0.6 is 0 Å². The highest BCUT2D eigenvalue weighted by atomic mass is 19.4. The number of carboxylic acid groups (broad SMARTS) is 1. The smallest absolute Gasteiger partial charge is 0.394 e. The van der Waals surface area contributed by atoms with Crippen LogP contribution in [0.2, 0.25) is 0 Å². The summed E-state index contributed by atoms with van der Waals surface area (Å²) in [6.45, 7) is -1.17. The third kappa shape index (κ3) is 3.56. The number of nitrogens with zero attached hydrogens (tertiary/aromatic N) is 1. The summed E-state index contributed by atoms with van der Waals surface area (Å²) >= 11 is 0. The SMILES string of the molecule is O=C(O)[C@@H]1CN(C(=O)NC2CCC(F)C2)C[C@H]1C(F)(F)F. The van der Waals surface area contributed by atoms with Gasteiger partial charge in [0.2, 0.25) is 0 Å². The number of likely N-dealkylation sites (tertiary alicyclic amines) is 1. The van der Waals surface area contributed by atoms with E-state index in [1.165, 1.54) is 0 Å². The van der Waals surface area contributed by atoms with E-state index in [2.05, 4.69) is 5.32 Å². The first kappa shape index (κ1) is 15.8. The molecule has 4 atom stereocenters. The van der Waals surface area contributed by atoms with Gasteiger partial charge in [0.1, 0.15) is 6.17 Å². The van der Waals surface area contributed by atoms with Gasteiger partial charge in [0.05, 0.1) is 11.8 Å². The van der Waals surface area contributed by atoms with Crippen molar-refractivity contribution in [2.24, 2.45) is 11.8 Å². The monoisotopic (exact) mass is 312 g/mol. The Morgan fingerprint density at radius 3 is 2.29 bits per heavy atom. The second kappa shape index (κ2) is 5.69. The van der Waals surface area contributed by atoms with Crippen LogP contribution in [0.25, 0.3) is 0 Å². The quantitative estimate of drug-likeness (QED) is 0.764. The Labute approximate surface area is 118 Å². The molecule has 2 amide bonds. The van der Waals surface area contributed by atoms with Crippen molar-refractivity contribution >= 4 is 12.0 Å². The topological polar surface area (TPSA) is 69.6 Å². The molecule has 2 N–H and O–H groups in total. The van der Waals surface area contributed by atoms with E-state index >= 15 is 0 Å². The fraction of sp³-hybridized carbons (Fsp3) is 0.833. The van der Waals surface area contributed by atoms with E-state index in [9.17, 15) is 27.2 Å². The lowest BCUT2D eigenvalue weighted by atomic mass is 9.96. The summed E-state index contributed by atoms with van der Waals surface area (Å²) in [5.41, 5.74) is 0. The van der Waals surface area contributed by atoms with Crippen LogP contribution in [0.4, 0.5) is 22.4 Å². The van der Waals surface area contributed by atoms with Crippen molar-refractivity contribution in [1.82, 2.24) is 10.2 Å². The van der Waals surface area contributed by atoms with Gasteiger partial charge in [-0.1, -0.05) is 0 Å². The molecule has 9 heteroatoms. The van der Waals surface area contributed by atoms with Crippen molar-refractivity contribution in [1.29, 1.82) is 0 Å². The van der Waals surface area contributed by atoms with Crippen LogP contribution < -0.4 is 5.32 Å². The summed E-state index contributed by atoms with van der Waals surface area (Å²) in [7, 11) is 0. The molecular weight excluding hydrogens is 296 g/mol. The molecule has 2 rings (SSSR count). The number of amides is 2. The van der Waals surface area contributed by atoms with E-state index in [-0.39, 0.29) is 6.42 Å². The molecule has 1 heterocycles. The van der Waals surface area contributed by atoms with Gasteiger partial charge >= 0.3 is 18.2 Å². The van der Waals surface area contributed by atoms with Crippen molar-refractivity contribution in [2.75, 3.05) is 13.1 Å². The Morgan fingerprint density at radius 1 is 1.19 bits per heavy atom. The summed E-state index contributed by atoms with van der Waals surface area (Å²) in [5, 5.41) is 11.3. The molecule has 1 aliphatic carbocycles. The largest absolute Gasteiger partial charge is 0.481 e. The number of carbonyl (C=O) groups is 2. The molecule has 120 valence electrons. The van der Waals surface area contributed by atoms with Gasteiger partial charge in [-0.15, -0.1) is 0 Å². The zero-order chi connectivity index (χ0) is 15.8. The van der Waals surface area contributed by atoms with Gasteiger partial charge in [-0.3, -0.25) is 4.79 Å². The maximum atomic E-state index is 13.0. The van der Waals surface area contributed by atoms with Crippen LogP contribution in [0.3, 0.4) is 0 Å². The number of rotatable bonds is 2. The van der Waals surface area contributed by atoms with Gasteiger partial charge in [0, 0.05) is 19.1 Å². The number of nitrogens with one attached hydrogen (secondary N) is 1. The number of aliphatic carboxylic acids is 1. The highest BCUT2D eigenvalue weighted by Crippen LogP contribution is 2.37. The Kier molecular flexibility index (Phi) is 4.29. The summed E-state index contributed by atoms with van der Waals surface area (Å²) in [4.78, 5) is 23.6. The first-order valence-electron chi connectivity index (χ1n) is 6.67. The molecule has 5 nitrogen and oxygen atoms in total. The van der Waals surface area contributed by atoms with Crippen molar-refractivity contribution in [3.8, 4) is 0 Å². The average Bonchev–Trinajstić information content (AvgIpc) is 2.94. The predicted octanol–water partition coefficient (Wildman–Crippen LogP) is 1.78. The molecule has 2 aliphatic rings. The van der Waals surface area contributed by atoms with E-state index in [4.69, 9.17) is 5.11 Å². The number of alkyl halides is 4. The number of carboxylic acids is 1. The Hall–Kier alpha value is -1.54. The van der Waals surface area contributed by atoms with Crippen LogP contribution in [0.15, 0.2) is 0 Å². The molecule has 0 radical (unpaired) electrons. The molecule has 0 aromatic rings. The fourth-order valence-electron chi connectivity index (χ4n) is 2.87. The minimum Gasteiger partial charge on any atom is -0.481 e. The van der Waals surface area contributed by atoms with Crippen molar-refractivity contribution in [3.63, 3.8) is 0 Å². The van der Waals surface area contributed by atoms with Crippen molar-refractivity contribution in [2.45, 2.75) is 37.7 Å². The lowest BCUT2D eigenvalue weighted by molar-refractivity contribution is -0.187. The molecule has 1 saturated carbocycles. The number of hydrogen-bond donors (Lipinski definition) is 2. The zero-order valence-corrected chi connectivity index (χ0v) is 11.1.